The first-order valence-corrected chi connectivity index (χ1v) is 6.37. The first kappa shape index (κ1) is 11.4. The van der Waals surface area contributed by atoms with E-state index in [9.17, 15) is 0 Å². The van der Waals surface area contributed by atoms with E-state index < -0.39 is 0 Å². The Morgan fingerprint density at radius 3 is 2.40 bits per heavy atom. The topological polar surface area (TPSA) is 49.5 Å². The Balaban J connectivity index is 1.48. The van der Waals surface area contributed by atoms with Crippen molar-refractivity contribution >= 4 is 0 Å². The molecule has 0 unspecified atom stereocenters. The molecule has 3 N–H and O–H groups in total. The van der Waals surface area contributed by atoms with Crippen LogP contribution in [0.4, 0.5) is 0 Å². The maximum atomic E-state index is 8.64. The van der Waals surface area contributed by atoms with E-state index in [1.807, 2.05) is 0 Å². The van der Waals surface area contributed by atoms with Gasteiger partial charge in [0.05, 0.1) is 0 Å². The fourth-order valence-corrected chi connectivity index (χ4v) is 2.66. The van der Waals surface area contributed by atoms with E-state index in [2.05, 4.69) is 4.90 Å². The molecule has 0 aromatic heterocycles. The Kier molecular flexibility index (Phi) is 3.65. The van der Waals surface area contributed by atoms with Crippen molar-refractivity contribution in [2.75, 3.05) is 26.2 Å². The largest absolute Gasteiger partial charge is 0.396 e. The average molecular weight is 212 g/mol. The lowest BCUT2D eigenvalue weighted by Crippen LogP contribution is -2.68. The number of aliphatic hydroxyl groups excluding tert-OH is 1. The zero-order valence-corrected chi connectivity index (χ0v) is 9.62. The molecule has 1 heterocycles. The van der Waals surface area contributed by atoms with Crippen molar-refractivity contribution in [3.63, 3.8) is 0 Å². The van der Waals surface area contributed by atoms with Crippen LogP contribution in [-0.2, 0) is 0 Å². The number of hydrogen-bond acceptors (Lipinski definition) is 3. The second-order valence-corrected chi connectivity index (χ2v) is 5.36. The summed E-state index contributed by atoms with van der Waals surface area (Å²) in [5.74, 6) is 0.836. The lowest BCUT2D eigenvalue weighted by molar-refractivity contribution is 0.0532. The van der Waals surface area contributed by atoms with E-state index in [-0.39, 0.29) is 5.54 Å². The number of hydrogen-bond donors (Lipinski definition) is 2. The molecule has 3 nitrogen and oxygen atoms in total. The monoisotopic (exact) mass is 212 g/mol. The van der Waals surface area contributed by atoms with Gasteiger partial charge in [-0.2, -0.15) is 0 Å². The van der Waals surface area contributed by atoms with Gasteiger partial charge in [-0.05, 0) is 38.1 Å². The summed E-state index contributed by atoms with van der Waals surface area (Å²) in [7, 11) is 0. The van der Waals surface area contributed by atoms with Crippen LogP contribution in [0.1, 0.15) is 38.5 Å². The van der Waals surface area contributed by atoms with Crippen LogP contribution in [0.5, 0.6) is 0 Å². The van der Waals surface area contributed by atoms with E-state index in [1.165, 1.54) is 38.6 Å². The highest BCUT2D eigenvalue weighted by Crippen LogP contribution is 2.42. The van der Waals surface area contributed by atoms with Gasteiger partial charge in [-0.15, -0.1) is 0 Å². The highest BCUT2D eigenvalue weighted by molar-refractivity contribution is 5.08. The number of nitrogens with zero attached hydrogens (tertiary/aromatic N) is 1. The van der Waals surface area contributed by atoms with Gasteiger partial charge < -0.3 is 10.8 Å². The zero-order valence-electron chi connectivity index (χ0n) is 9.62. The lowest BCUT2D eigenvalue weighted by Gasteiger charge is -2.48. The van der Waals surface area contributed by atoms with Crippen molar-refractivity contribution in [3.8, 4) is 0 Å². The number of nitrogens with two attached hydrogens (primary N) is 1. The molecule has 15 heavy (non-hydrogen) atoms. The van der Waals surface area contributed by atoms with Crippen molar-refractivity contribution in [2.24, 2.45) is 11.7 Å². The molecule has 0 aromatic carbocycles. The van der Waals surface area contributed by atoms with Gasteiger partial charge in [-0.3, -0.25) is 4.90 Å². The predicted molar refractivity (Wildman–Crippen MR) is 61.6 cm³/mol. The quantitative estimate of drug-likeness (QED) is 0.618. The molecule has 2 fully saturated rings. The second-order valence-electron chi connectivity index (χ2n) is 5.36. The first-order valence-electron chi connectivity index (χ1n) is 6.37. The van der Waals surface area contributed by atoms with Gasteiger partial charge in [0.25, 0.3) is 0 Å². The minimum absolute atomic E-state index is 0.186. The third-order valence-electron chi connectivity index (χ3n) is 3.81. The minimum Gasteiger partial charge on any atom is -0.396 e. The average Bonchev–Trinajstić information content (AvgIpc) is 2.97. The molecular weight excluding hydrogens is 188 g/mol. The fourth-order valence-electron chi connectivity index (χ4n) is 2.66. The first-order chi connectivity index (χ1) is 7.24. The van der Waals surface area contributed by atoms with Crippen LogP contribution < -0.4 is 5.73 Å². The Hall–Kier alpha value is -0.120. The predicted octanol–water partition coefficient (Wildman–Crippen LogP) is 0.962. The minimum atomic E-state index is 0.186. The summed E-state index contributed by atoms with van der Waals surface area (Å²) in [6.07, 6.45) is 7.37. The van der Waals surface area contributed by atoms with E-state index in [0.29, 0.717) is 6.61 Å². The zero-order chi connectivity index (χ0) is 10.7. The van der Waals surface area contributed by atoms with E-state index >= 15 is 0 Å². The molecule has 1 saturated heterocycles. The second kappa shape index (κ2) is 4.81. The molecule has 0 amide bonds. The molecule has 1 saturated carbocycles. The summed E-state index contributed by atoms with van der Waals surface area (Å²) in [5.41, 5.74) is 6.46. The van der Waals surface area contributed by atoms with Gasteiger partial charge in [-0.1, -0.05) is 12.8 Å². The van der Waals surface area contributed by atoms with Crippen LogP contribution in [0.25, 0.3) is 0 Å². The van der Waals surface area contributed by atoms with Gasteiger partial charge in [0, 0.05) is 25.2 Å². The van der Waals surface area contributed by atoms with Gasteiger partial charge in [-0.25, -0.2) is 0 Å². The summed E-state index contributed by atoms with van der Waals surface area (Å²) in [6.45, 7) is 3.80. The summed E-state index contributed by atoms with van der Waals surface area (Å²) < 4.78 is 0. The molecule has 0 atom stereocenters. The standard InChI is InChI=1S/C12H24N2O/c13-12(11-5-6-11)9-14(10-12)7-3-1-2-4-8-15/h11,15H,1-10,13H2. The normalized spacial score (nSPS) is 25.2. The van der Waals surface area contributed by atoms with Crippen LogP contribution in [0.2, 0.25) is 0 Å². The number of likely N-dealkylation sites (tertiary alicyclic amines) is 1. The molecule has 1 aliphatic heterocycles. The Labute approximate surface area is 92.6 Å². The van der Waals surface area contributed by atoms with Crippen LogP contribution in [0, 0.1) is 5.92 Å². The molecule has 0 radical (unpaired) electrons. The highest BCUT2D eigenvalue weighted by Gasteiger charge is 2.49. The molecule has 2 rings (SSSR count). The molecule has 0 aromatic rings. The van der Waals surface area contributed by atoms with Crippen molar-refractivity contribution < 1.29 is 5.11 Å². The van der Waals surface area contributed by atoms with Gasteiger partial charge in [0.2, 0.25) is 0 Å². The van der Waals surface area contributed by atoms with Crippen LogP contribution in [0.15, 0.2) is 0 Å². The van der Waals surface area contributed by atoms with Crippen LogP contribution >= 0.6 is 0 Å². The van der Waals surface area contributed by atoms with E-state index in [1.54, 1.807) is 0 Å². The van der Waals surface area contributed by atoms with E-state index in [0.717, 1.165) is 25.4 Å². The number of unbranched alkanes of at least 4 members (excludes halogenated alkanes) is 3. The molecule has 0 bridgehead atoms. The van der Waals surface area contributed by atoms with Crippen LogP contribution in [0.3, 0.4) is 0 Å². The maximum absolute atomic E-state index is 8.64. The molecule has 1 aliphatic carbocycles. The third kappa shape index (κ3) is 2.92. The van der Waals surface area contributed by atoms with Gasteiger partial charge in [0.1, 0.15) is 0 Å². The molecule has 88 valence electrons. The maximum Gasteiger partial charge on any atom is 0.0440 e. The number of rotatable bonds is 7. The summed E-state index contributed by atoms with van der Waals surface area (Å²) in [4.78, 5) is 2.48. The summed E-state index contributed by atoms with van der Waals surface area (Å²) in [6, 6.07) is 0. The Bertz CT molecular complexity index is 198. The van der Waals surface area contributed by atoms with E-state index in [4.69, 9.17) is 10.8 Å². The molecule has 3 heteroatoms. The lowest BCUT2D eigenvalue weighted by atomic mass is 9.85. The number of aliphatic hydroxyl groups is 1. The van der Waals surface area contributed by atoms with Crippen molar-refractivity contribution in [2.45, 2.75) is 44.1 Å². The van der Waals surface area contributed by atoms with Crippen molar-refractivity contribution in [1.29, 1.82) is 0 Å². The third-order valence-corrected chi connectivity index (χ3v) is 3.81. The molecule has 0 spiro atoms. The summed E-state index contributed by atoms with van der Waals surface area (Å²) >= 11 is 0. The van der Waals surface area contributed by atoms with Gasteiger partial charge in [0.15, 0.2) is 0 Å². The SMILES string of the molecule is NC1(C2CC2)CN(CCCCCCO)C1. The fraction of sp³-hybridized carbons (Fsp3) is 1.00. The van der Waals surface area contributed by atoms with Crippen molar-refractivity contribution in [1.82, 2.24) is 4.90 Å². The Morgan fingerprint density at radius 1 is 1.13 bits per heavy atom. The molecule has 2 aliphatic rings. The van der Waals surface area contributed by atoms with Gasteiger partial charge >= 0.3 is 0 Å². The Morgan fingerprint density at radius 2 is 1.80 bits per heavy atom. The smallest absolute Gasteiger partial charge is 0.0440 e. The van der Waals surface area contributed by atoms with Crippen LogP contribution in [-0.4, -0.2) is 41.8 Å². The summed E-state index contributed by atoms with van der Waals surface area (Å²) in [5, 5.41) is 8.64. The highest BCUT2D eigenvalue weighted by atomic mass is 16.2. The van der Waals surface area contributed by atoms with Crippen molar-refractivity contribution in [3.05, 3.63) is 0 Å². The molecular formula is C12H24N2O.